The molecule has 0 bridgehead atoms. The molecule has 1 aliphatic heterocycles. The molecule has 2 rings (SSSR count). The summed E-state index contributed by atoms with van der Waals surface area (Å²) >= 11 is 5.99. The number of hydrogen-bond donors (Lipinski definition) is 1. The summed E-state index contributed by atoms with van der Waals surface area (Å²) in [5.41, 5.74) is 0.584. The molecule has 1 aliphatic rings. The van der Waals surface area contributed by atoms with Crippen LogP contribution in [0.15, 0.2) is 18.2 Å². The van der Waals surface area contributed by atoms with Crippen molar-refractivity contribution in [1.29, 1.82) is 0 Å². The van der Waals surface area contributed by atoms with Crippen LogP contribution in [0.4, 0.5) is 5.69 Å². The van der Waals surface area contributed by atoms with Gasteiger partial charge in [0.2, 0.25) is 5.91 Å². The average Bonchev–Trinajstić information content (AvgIpc) is 2.45. The molecule has 122 valence electrons. The molecular weight excluding hydrogens is 304 g/mol. The van der Waals surface area contributed by atoms with Crippen LogP contribution in [-0.4, -0.2) is 49.3 Å². The van der Waals surface area contributed by atoms with Crippen LogP contribution in [0.2, 0.25) is 5.02 Å². The summed E-state index contributed by atoms with van der Waals surface area (Å²) in [4.78, 5) is 14.6. The van der Waals surface area contributed by atoms with E-state index in [4.69, 9.17) is 21.1 Å². The molecule has 0 saturated carbocycles. The smallest absolute Gasteiger partial charge is 0.241 e. The highest BCUT2D eigenvalue weighted by atomic mass is 35.5. The molecule has 0 radical (unpaired) electrons. The average molecular weight is 327 g/mol. The van der Waals surface area contributed by atoms with E-state index in [0.717, 1.165) is 13.1 Å². The van der Waals surface area contributed by atoms with Crippen LogP contribution in [0, 0.1) is 0 Å². The van der Waals surface area contributed by atoms with Gasteiger partial charge in [-0.3, -0.25) is 9.69 Å². The van der Waals surface area contributed by atoms with Crippen LogP contribution in [0.3, 0.4) is 0 Å². The van der Waals surface area contributed by atoms with Crippen molar-refractivity contribution in [1.82, 2.24) is 4.90 Å². The number of carbonyl (C=O) groups excluding carboxylic acids is 1. The van der Waals surface area contributed by atoms with Crippen molar-refractivity contribution in [3.05, 3.63) is 23.2 Å². The lowest BCUT2D eigenvalue weighted by molar-refractivity contribution is -0.126. The normalized spacial score (nSPS) is 23.9. The van der Waals surface area contributed by atoms with Crippen molar-refractivity contribution in [2.24, 2.45) is 0 Å². The first-order chi connectivity index (χ1) is 10.4. The number of methoxy groups -OCH3 is 1. The van der Waals surface area contributed by atoms with Crippen LogP contribution >= 0.6 is 11.6 Å². The second kappa shape index (κ2) is 7.31. The summed E-state index contributed by atoms with van der Waals surface area (Å²) in [5, 5.41) is 3.45. The first-order valence-electron chi connectivity index (χ1n) is 7.44. The van der Waals surface area contributed by atoms with Crippen molar-refractivity contribution in [2.45, 2.75) is 39.0 Å². The molecule has 1 N–H and O–H groups in total. The number of amides is 1. The van der Waals surface area contributed by atoms with E-state index in [9.17, 15) is 4.79 Å². The maximum atomic E-state index is 12.5. The van der Waals surface area contributed by atoms with Gasteiger partial charge in [0.25, 0.3) is 0 Å². The zero-order valence-electron chi connectivity index (χ0n) is 13.4. The number of rotatable bonds is 4. The van der Waals surface area contributed by atoms with Crippen LogP contribution in [-0.2, 0) is 9.53 Å². The lowest BCUT2D eigenvalue weighted by Crippen LogP contribution is -2.52. The third kappa shape index (κ3) is 4.12. The van der Waals surface area contributed by atoms with E-state index >= 15 is 0 Å². The summed E-state index contributed by atoms with van der Waals surface area (Å²) in [7, 11) is 1.56. The van der Waals surface area contributed by atoms with Gasteiger partial charge in [-0.05, 0) is 39.0 Å². The molecule has 1 heterocycles. The molecule has 6 heteroatoms. The molecule has 1 aromatic rings. The van der Waals surface area contributed by atoms with E-state index < -0.39 is 0 Å². The Morgan fingerprint density at radius 1 is 1.41 bits per heavy atom. The zero-order valence-corrected chi connectivity index (χ0v) is 14.2. The van der Waals surface area contributed by atoms with Crippen molar-refractivity contribution in [3.8, 4) is 5.75 Å². The van der Waals surface area contributed by atoms with Gasteiger partial charge < -0.3 is 14.8 Å². The van der Waals surface area contributed by atoms with Crippen LogP contribution in [0.5, 0.6) is 5.75 Å². The van der Waals surface area contributed by atoms with Gasteiger partial charge in [-0.1, -0.05) is 11.6 Å². The maximum absolute atomic E-state index is 12.5. The second-order valence-corrected chi connectivity index (χ2v) is 6.16. The van der Waals surface area contributed by atoms with E-state index in [2.05, 4.69) is 10.2 Å². The first kappa shape index (κ1) is 17.1. The van der Waals surface area contributed by atoms with Crippen LogP contribution < -0.4 is 10.1 Å². The van der Waals surface area contributed by atoms with Crippen LogP contribution in [0.25, 0.3) is 0 Å². The van der Waals surface area contributed by atoms with E-state index in [0.29, 0.717) is 16.5 Å². The Kier molecular flexibility index (Phi) is 5.67. The summed E-state index contributed by atoms with van der Waals surface area (Å²) < 4.78 is 11.0. The first-order valence-corrected chi connectivity index (χ1v) is 7.82. The molecular formula is C16H23ClN2O3. The number of anilines is 1. The predicted octanol–water partition coefficient (Wildman–Crippen LogP) is 2.78. The quantitative estimate of drug-likeness (QED) is 0.924. The Morgan fingerprint density at radius 2 is 2.05 bits per heavy atom. The number of nitrogens with zero attached hydrogens (tertiary/aromatic N) is 1. The third-order valence-corrected chi connectivity index (χ3v) is 4.03. The number of hydrogen-bond acceptors (Lipinski definition) is 4. The van der Waals surface area contributed by atoms with Gasteiger partial charge in [0, 0.05) is 18.1 Å². The number of nitrogens with one attached hydrogen (secondary N) is 1. The molecule has 0 aromatic heterocycles. The number of carbonyl (C=O) groups is 1. The highest BCUT2D eigenvalue weighted by Gasteiger charge is 2.29. The molecule has 5 nitrogen and oxygen atoms in total. The minimum absolute atomic E-state index is 0.0816. The van der Waals surface area contributed by atoms with Gasteiger partial charge >= 0.3 is 0 Å². The molecule has 1 amide bonds. The minimum Gasteiger partial charge on any atom is -0.495 e. The van der Waals surface area contributed by atoms with Gasteiger partial charge in [-0.25, -0.2) is 0 Å². The highest BCUT2D eigenvalue weighted by Crippen LogP contribution is 2.28. The molecule has 1 saturated heterocycles. The van der Waals surface area contributed by atoms with E-state index in [1.54, 1.807) is 25.3 Å². The molecule has 22 heavy (non-hydrogen) atoms. The largest absolute Gasteiger partial charge is 0.495 e. The Bertz CT molecular complexity index is 528. The second-order valence-electron chi connectivity index (χ2n) is 5.72. The van der Waals surface area contributed by atoms with Crippen LogP contribution in [0.1, 0.15) is 20.8 Å². The maximum Gasteiger partial charge on any atom is 0.241 e. The van der Waals surface area contributed by atoms with Crippen molar-refractivity contribution >= 4 is 23.2 Å². The monoisotopic (exact) mass is 326 g/mol. The fourth-order valence-electron chi connectivity index (χ4n) is 2.71. The van der Waals surface area contributed by atoms with Gasteiger partial charge in [0.1, 0.15) is 5.75 Å². The molecule has 0 spiro atoms. The Hall–Kier alpha value is -1.30. The van der Waals surface area contributed by atoms with Gasteiger partial charge in [-0.15, -0.1) is 0 Å². The van der Waals surface area contributed by atoms with Crippen molar-refractivity contribution < 1.29 is 14.3 Å². The van der Waals surface area contributed by atoms with Gasteiger partial charge in [-0.2, -0.15) is 0 Å². The molecule has 0 aliphatic carbocycles. The molecule has 1 fully saturated rings. The molecule has 0 unspecified atom stereocenters. The number of halogens is 1. The highest BCUT2D eigenvalue weighted by molar-refractivity contribution is 6.31. The van der Waals surface area contributed by atoms with Gasteiger partial charge in [0.15, 0.2) is 0 Å². The minimum atomic E-state index is -0.252. The number of ether oxygens (including phenoxy) is 2. The number of morpholine rings is 1. The van der Waals surface area contributed by atoms with E-state index in [-0.39, 0.29) is 24.2 Å². The lowest BCUT2D eigenvalue weighted by Gasteiger charge is -2.38. The fraction of sp³-hybridized carbons (Fsp3) is 0.562. The fourth-order valence-corrected chi connectivity index (χ4v) is 2.89. The SMILES string of the molecule is COc1ccc(Cl)cc1NC(=O)[C@@H](C)N1C[C@@H](C)O[C@@H](C)C1. The Labute approximate surface area is 136 Å². The van der Waals surface area contributed by atoms with Crippen molar-refractivity contribution in [3.63, 3.8) is 0 Å². The predicted molar refractivity (Wildman–Crippen MR) is 87.7 cm³/mol. The van der Waals surface area contributed by atoms with Crippen molar-refractivity contribution in [2.75, 3.05) is 25.5 Å². The summed E-state index contributed by atoms with van der Waals surface area (Å²) in [6, 6.07) is 4.90. The topological polar surface area (TPSA) is 50.8 Å². The molecule has 3 atom stereocenters. The van der Waals surface area contributed by atoms with Gasteiger partial charge in [0.05, 0.1) is 31.0 Å². The summed E-state index contributed by atoms with van der Waals surface area (Å²) in [6.45, 7) is 7.43. The third-order valence-electron chi connectivity index (χ3n) is 3.79. The van der Waals surface area contributed by atoms with E-state index in [1.807, 2.05) is 20.8 Å². The Balaban J connectivity index is 2.07. The lowest BCUT2D eigenvalue weighted by atomic mass is 10.1. The number of benzene rings is 1. The summed E-state index contributed by atoms with van der Waals surface area (Å²) in [5.74, 6) is 0.510. The zero-order chi connectivity index (χ0) is 16.3. The summed E-state index contributed by atoms with van der Waals surface area (Å²) in [6.07, 6.45) is 0.249. The van der Waals surface area contributed by atoms with E-state index in [1.165, 1.54) is 0 Å². The standard InChI is InChI=1S/C16H23ClN2O3/c1-10-8-19(9-11(2)22-10)12(3)16(20)18-14-7-13(17)5-6-15(14)21-4/h5-7,10-12H,8-9H2,1-4H3,(H,18,20)/t10-,11+,12-/m1/s1. The molecule has 1 aromatic carbocycles. The Morgan fingerprint density at radius 3 is 2.64 bits per heavy atom.